The lowest BCUT2D eigenvalue weighted by Crippen LogP contribution is -2.52. The standard InChI is InChI=1S/C24H25F3N4O6S/c1-2-4-18(29-22(33)15-6-8-16(9-7-15)37-24(25,26)27)23(34)30-12-10-19-21(30)20(32)14-31(19)38(35,36)17-5-3-11-28-13-17/h3,5-9,11,13,18-19,21H,2,4,10,12,14H2,1H3,(H,29,33). The number of hydrogen-bond acceptors (Lipinski definition) is 7. The van der Waals surface area contributed by atoms with E-state index in [9.17, 15) is 36.0 Å². The SMILES string of the molecule is CCCC(NC(=O)c1ccc(OC(F)(F)F)cc1)C(=O)N1CCC2C1C(=O)CN2S(=O)(=O)c1cccnc1. The van der Waals surface area contributed by atoms with Crippen LogP contribution in [0.1, 0.15) is 36.5 Å². The molecule has 2 amide bonds. The number of alkyl halides is 3. The monoisotopic (exact) mass is 554 g/mol. The third kappa shape index (κ3) is 5.65. The van der Waals surface area contributed by atoms with E-state index in [0.717, 1.165) is 28.6 Å². The Balaban J connectivity index is 1.48. The van der Waals surface area contributed by atoms with Crippen molar-refractivity contribution in [3.05, 3.63) is 54.4 Å². The normalized spacial score (nSPS) is 20.7. The van der Waals surface area contributed by atoms with Crippen molar-refractivity contribution in [3.8, 4) is 5.75 Å². The molecular formula is C24H25F3N4O6S. The lowest BCUT2D eigenvalue weighted by Gasteiger charge is -2.28. The summed E-state index contributed by atoms with van der Waals surface area (Å²) < 4.78 is 68.3. The Labute approximate surface area is 216 Å². The zero-order valence-corrected chi connectivity index (χ0v) is 21.0. The van der Waals surface area contributed by atoms with Crippen molar-refractivity contribution in [1.29, 1.82) is 0 Å². The van der Waals surface area contributed by atoms with Gasteiger partial charge in [-0.25, -0.2) is 8.42 Å². The van der Waals surface area contributed by atoms with Gasteiger partial charge >= 0.3 is 6.36 Å². The number of fused-ring (bicyclic) bond motifs is 1. The molecule has 2 aliphatic rings. The zero-order chi connectivity index (χ0) is 27.7. The summed E-state index contributed by atoms with van der Waals surface area (Å²) in [5.74, 6) is -2.14. The van der Waals surface area contributed by atoms with Gasteiger partial charge < -0.3 is 15.0 Å². The average Bonchev–Trinajstić information content (AvgIpc) is 3.45. The summed E-state index contributed by atoms with van der Waals surface area (Å²) in [6.45, 7) is 1.54. The van der Waals surface area contributed by atoms with Gasteiger partial charge in [0.15, 0.2) is 5.78 Å². The quantitative estimate of drug-likeness (QED) is 0.530. The highest BCUT2D eigenvalue weighted by atomic mass is 32.2. The molecule has 1 aromatic heterocycles. The van der Waals surface area contributed by atoms with Crippen LogP contribution in [0, 0.1) is 0 Å². The highest BCUT2D eigenvalue weighted by molar-refractivity contribution is 7.89. The van der Waals surface area contributed by atoms with E-state index in [2.05, 4.69) is 15.0 Å². The third-order valence-electron chi connectivity index (χ3n) is 6.43. The summed E-state index contributed by atoms with van der Waals surface area (Å²) in [4.78, 5) is 44.2. The van der Waals surface area contributed by atoms with Gasteiger partial charge in [-0.1, -0.05) is 13.3 Å². The van der Waals surface area contributed by atoms with Gasteiger partial charge in [-0.05, 0) is 49.2 Å². The second-order valence-electron chi connectivity index (χ2n) is 8.92. The van der Waals surface area contributed by atoms with Gasteiger partial charge in [0.05, 0.1) is 12.6 Å². The minimum absolute atomic E-state index is 0.0124. The van der Waals surface area contributed by atoms with E-state index in [0.29, 0.717) is 6.42 Å². The topological polar surface area (TPSA) is 126 Å². The molecule has 0 radical (unpaired) electrons. The Bertz CT molecular complexity index is 1300. The fourth-order valence-corrected chi connectivity index (χ4v) is 6.36. The van der Waals surface area contributed by atoms with Crippen molar-refractivity contribution in [3.63, 3.8) is 0 Å². The Kier molecular flexibility index (Phi) is 7.74. The van der Waals surface area contributed by atoms with E-state index >= 15 is 0 Å². The second kappa shape index (κ2) is 10.7. The predicted octanol–water partition coefficient (Wildman–Crippen LogP) is 2.12. The van der Waals surface area contributed by atoms with Crippen molar-refractivity contribution >= 4 is 27.6 Å². The summed E-state index contributed by atoms with van der Waals surface area (Å²) in [6.07, 6.45) is -1.26. The number of benzene rings is 1. The minimum Gasteiger partial charge on any atom is -0.406 e. The maximum absolute atomic E-state index is 13.5. The van der Waals surface area contributed by atoms with Crippen LogP contribution >= 0.6 is 0 Å². The summed E-state index contributed by atoms with van der Waals surface area (Å²) in [5.41, 5.74) is 0.0124. The molecule has 2 saturated heterocycles. The highest BCUT2D eigenvalue weighted by Gasteiger charge is 2.54. The lowest BCUT2D eigenvalue weighted by atomic mass is 10.1. The Morgan fingerprint density at radius 3 is 2.53 bits per heavy atom. The van der Waals surface area contributed by atoms with Crippen molar-refractivity contribution in [2.45, 2.75) is 55.6 Å². The first kappa shape index (κ1) is 27.5. The van der Waals surface area contributed by atoms with Gasteiger partial charge in [-0.3, -0.25) is 19.4 Å². The number of hydrogen-bond donors (Lipinski definition) is 1. The van der Waals surface area contributed by atoms with Crippen molar-refractivity contribution in [1.82, 2.24) is 19.5 Å². The van der Waals surface area contributed by atoms with Gasteiger partial charge in [0.1, 0.15) is 22.7 Å². The van der Waals surface area contributed by atoms with Crippen LogP contribution in [0.25, 0.3) is 0 Å². The number of halogens is 3. The summed E-state index contributed by atoms with van der Waals surface area (Å²) in [6, 6.07) is 4.36. The molecule has 14 heteroatoms. The molecule has 38 heavy (non-hydrogen) atoms. The molecule has 3 atom stereocenters. The van der Waals surface area contributed by atoms with Crippen LogP contribution in [0.4, 0.5) is 13.2 Å². The molecule has 0 saturated carbocycles. The van der Waals surface area contributed by atoms with Crippen molar-refractivity contribution in [2.24, 2.45) is 0 Å². The van der Waals surface area contributed by atoms with E-state index in [-0.39, 0.29) is 36.4 Å². The first-order valence-corrected chi connectivity index (χ1v) is 13.3. The fraction of sp³-hybridized carbons (Fsp3) is 0.417. The maximum atomic E-state index is 13.5. The van der Waals surface area contributed by atoms with Gasteiger partial charge in [-0.15, -0.1) is 13.2 Å². The van der Waals surface area contributed by atoms with Gasteiger partial charge in [0.25, 0.3) is 5.91 Å². The predicted molar refractivity (Wildman–Crippen MR) is 126 cm³/mol. The number of nitrogens with zero attached hydrogens (tertiary/aromatic N) is 3. The molecule has 0 aliphatic carbocycles. The van der Waals surface area contributed by atoms with Crippen LogP contribution in [0.15, 0.2) is 53.7 Å². The number of Topliss-reactive ketones (excluding diaryl/α,β-unsaturated/α-hetero) is 1. The van der Waals surface area contributed by atoms with E-state index in [1.807, 2.05) is 0 Å². The number of carbonyl (C=O) groups excluding carboxylic acids is 3. The van der Waals surface area contributed by atoms with E-state index in [1.54, 1.807) is 6.92 Å². The number of rotatable bonds is 8. The smallest absolute Gasteiger partial charge is 0.406 e. The lowest BCUT2D eigenvalue weighted by molar-refractivity contribution is -0.274. The molecule has 2 fully saturated rings. The average molecular weight is 555 g/mol. The van der Waals surface area contributed by atoms with Crippen LogP contribution in [0.3, 0.4) is 0 Å². The number of sulfonamides is 1. The fourth-order valence-electron chi connectivity index (χ4n) is 4.77. The molecule has 3 unspecified atom stereocenters. The van der Waals surface area contributed by atoms with Crippen molar-refractivity contribution in [2.75, 3.05) is 13.1 Å². The maximum Gasteiger partial charge on any atom is 0.573 e. The number of nitrogens with one attached hydrogen (secondary N) is 1. The van der Waals surface area contributed by atoms with Gasteiger partial charge in [0.2, 0.25) is 15.9 Å². The van der Waals surface area contributed by atoms with E-state index in [1.165, 1.54) is 29.4 Å². The molecule has 4 rings (SSSR count). The molecule has 1 aromatic carbocycles. The summed E-state index contributed by atoms with van der Waals surface area (Å²) >= 11 is 0. The van der Waals surface area contributed by atoms with Crippen LogP contribution in [0.5, 0.6) is 5.75 Å². The Morgan fingerprint density at radius 1 is 1.21 bits per heavy atom. The first-order valence-electron chi connectivity index (χ1n) is 11.8. The molecule has 2 aromatic rings. The van der Waals surface area contributed by atoms with E-state index < -0.39 is 57.9 Å². The number of carbonyl (C=O) groups is 3. The molecule has 1 N–H and O–H groups in total. The third-order valence-corrected chi connectivity index (χ3v) is 8.29. The van der Waals surface area contributed by atoms with Crippen LogP contribution in [-0.4, -0.2) is 77.8 Å². The molecule has 0 spiro atoms. The number of amides is 2. The number of likely N-dealkylation sites (tertiary alicyclic amines) is 1. The van der Waals surface area contributed by atoms with E-state index in [4.69, 9.17) is 0 Å². The summed E-state index contributed by atoms with van der Waals surface area (Å²) in [5, 5.41) is 2.60. The zero-order valence-electron chi connectivity index (χ0n) is 20.2. The van der Waals surface area contributed by atoms with Crippen LogP contribution in [0.2, 0.25) is 0 Å². The van der Waals surface area contributed by atoms with Crippen LogP contribution < -0.4 is 10.1 Å². The molecule has 10 nitrogen and oxygen atoms in total. The number of pyridine rings is 1. The molecule has 204 valence electrons. The molecule has 2 aliphatic heterocycles. The second-order valence-corrected chi connectivity index (χ2v) is 10.8. The summed E-state index contributed by atoms with van der Waals surface area (Å²) in [7, 11) is -4.01. The van der Waals surface area contributed by atoms with Crippen LogP contribution in [-0.2, 0) is 19.6 Å². The van der Waals surface area contributed by atoms with Gasteiger partial charge in [0, 0.05) is 24.5 Å². The minimum atomic E-state index is -4.87. The molecular weight excluding hydrogens is 529 g/mol. The number of ether oxygens (including phenoxy) is 1. The Morgan fingerprint density at radius 2 is 1.92 bits per heavy atom. The Hall–Kier alpha value is -3.52. The first-order chi connectivity index (χ1) is 17.9. The number of ketones is 1. The molecule has 3 heterocycles. The molecule has 0 bridgehead atoms. The largest absolute Gasteiger partial charge is 0.573 e. The number of aromatic nitrogens is 1. The highest BCUT2D eigenvalue weighted by Crippen LogP contribution is 2.34. The van der Waals surface area contributed by atoms with Gasteiger partial charge in [-0.2, -0.15) is 4.31 Å². The van der Waals surface area contributed by atoms with Crippen molar-refractivity contribution < 1.29 is 40.7 Å².